The van der Waals surface area contributed by atoms with Crippen LogP contribution in [0.5, 0.6) is 0 Å². The van der Waals surface area contributed by atoms with E-state index >= 15 is 0 Å². The van der Waals surface area contributed by atoms with Crippen LogP contribution in [0.3, 0.4) is 0 Å². The quantitative estimate of drug-likeness (QED) is 0.610. The highest BCUT2D eigenvalue weighted by molar-refractivity contribution is 4.74. The molecule has 0 aromatic heterocycles. The van der Waals surface area contributed by atoms with E-state index in [0.717, 1.165) is 19.1 Å². The highest BCUT2D eigenvalue weighted by Gasteiger charge is 2.18. The van der Waals surface area contributed by atoms with Crippen LogP contribution < -0.4 is 5.32 Å². The van der Waals surface area contributed by atoms with Crippen LogP contribution in [0.15, 0.2) is 0 Å². The third kappa shape index (κ3) is 7.34. The summed E-state index contributed by atoms with van der Waals surface area (Å²) >= 11 is 0. The average molecular weight is 257 g/mol. The van der Waals surface area contributed by atoms with Gasteiger partial charge in [0.15, 0.2) is 0 Å². The maximum Gasteiger partial charge on any atom is 0.0701 e. The van der Waals surface area contributed by atoms with Crippen molar-refractivity contribution < 1.29 is 9.47 Å². The van der Waals surface area contributed by atoms with Crippen LogP contribution in [-0.2, 0) is 9.47 Å². The molecule has 0 aromatic carbocycles. The maximum absolute atomic E-state index is 5.69. The average Bonchev–Trinajstić information content (AvgIpc) is 2.41. The Morgan fingerprint density at radius 2 is 1.94 bits per heavy atom. The molecule has 1 N–H and O–H groups in total. The number of nitrogens with one attached hydrogen (secondary N) is 1. The second-order valence-corrected chi connectivity index (χ2v) is 5.46. The first-order chi connectivity index (χ1) is 8.86. The van der Waals surface area contributed by atoms with E-state index in [-0.39, 0.29) is 0 Å². The van der Waals surface area contributed by atoms with Gasteiger partial charge in [-0.1, -0.05) is 39.0 Å². The van der Waals surface area contributed by atoms with Gasteiger partial charge in [0.2, 0.25) is 0 Å². The van der Waals surface area contributed by atoms with Gasteiger partial charge in [-0.2, -0.15) is 0 Å². The van der Waals surface area contributed by atoms with Crippen molar-refractivity contribution in [2.45, 2.75) is 57.9 Å². The van der Waals surface area contributed by atoms with Crippen molar-refractivity contribution in [1.82, 2.24) is 5.32 Å². The van der Waals surface area contributed by atoms with Crippen LogP contribution in [-0.4, -0.2) is 39.5 Å². The number of methoxy groups -OCH3 is 1. The zero-order chi connectivity index (χ0) is 13.1. The monoisotopic (exact) mass is 257 g/mol. The fourth-order valence-corrected chi connectivity index (χ4v) is 2.75. The van der Waals surface area contributed by atoms with E-state index < -0.39 is 0 Å². The smallest absolute Gasteiger partial charge is 0.0701 e. The molecular weight excluding hydrogens is 226 g/mol. The Morgan fingerprint density at radius 3 is 2.61 bits per heavy atom. The van der Waals surface area contributed by atoms with Crippen molar-refractivity contribution in [2.24, 2.45) is 5.92 Å². The Bertz CT molecular complexity index is 181. The lowest BCUT2D eigenvalue weighted by Crippen LogP contribution is -2.36. The summed E-state index contributed by atoms with van der Waals surface area (Å²) in [5.74, 6) is 0.916. The second kappa shape index (κ2) is 10.8. The van der Waals surface area contributed by atoms with Crippen molar-refractivity contribution in [3.05, 3.63) is 0 Å². The normalized spacial score (nSPS) is 19.0. The third-order valence-corrected chi connectivity index (χ3v) is 3.78. The molecule has 1 unspecified atom stereocenters. The first kappa shape index (κ1) is 15.9. The summed E-state index contributed by atoms with van der Waals surface area (Å²) in [6.45, 7) is 5.57. The van der Waals surface area contributed by atoms with Crippen molar-refractivity contribution in [2.75, 3.05) is 33.5 Å². The van der Waals surface area contributed by atoms with Gasteiger partial charge in [0.05, 0.1) is 19.8 Å². The van der Waals surface area contributed by atoms with E-state index in [0.29, 0.717) is 19.3 Å². The maximum atomic E-state index is 5.69. The number of ether oxygens (including phenoxy) is 2. The summed E-state index contributed by atoms with van der Waals surface area (Å²) in [7, 11) is 1.72. The molecule has 0 radical (unpaired) electrons. The second-order valence-electron chi connectivity index (χ2n) is 5.46. The molecule has 1 atom stereocenters. The largest absolute Gasteiger partial charge is 0.382 e. The molecule has 0 bridgehead atoms. The lowest BCUT2D eigenvalue weighted by atomic mass is 9.85. The van der Waals surface area contributed by atoms with E-state index in [1.807, 2.05) is 0 Å². The van der Waals surface area contributed by atoms with Crippen molar-refractivity contribution >= 4 is 0 Å². The lowest BCUT2D eigenvalue weighted by Gasteiger charge is -2.27. The minimum absolute atomic E-state index is 0.532. The Balaban J connectivity index is 2.20. The Morgan fingerprint density at radius 1 is 1.17 bits per heavy atom. The number of hydrogen-bond acceptors (Lipinski definition) is 3. The molecule has 1 fully saturated rings. The summed E-state index contributed by atoms with van der Waals surface area (Å²) in [6, 6.07) is 0.532. The Kier molecular flexibility index (Phi) is 9.54. The van der Waals surface area contributed by atoms with Crippen LogP contribution in [0.4, 0.5) is 0 Å². The minimum atomic E-state index is 0.532. The van der Waals surface area contributed by atoms with E-state index in [2.05, 4.69) is 12.2 Å². The van der Waals surface area contributed by atoms with Crippen LogP contribution >= 0.6 is 0 Å². The summed E-state index contributed by atoms with van der Waals surface area (Å²) in [4.78, 5) is 0. The molecule has 1 aliphatic rings. The summed E-state index contributed by atoms with van der Waals surface area (Å²) < 4.78 is 10.7. The van der Waals surface area contributed by atoms with Gasteiger partial charge in [0.25, 0.3) is 0 Å². The van der Waals surface area contributed by atoms with Gasteiger partial charge in [-0.25, -0.2) is 0 Å². The topological polar surface area (TPSA) is 30.5 Å². The molecule has 1 aliphatic carbocycles. The van der Waals surface area contributed by atoms with E-state index in [1.54, 1.807) is 7.11 Å². The molecule has 108 valence electrons. The molecule has 3 nitrogen and oxygen atoms in total. The summed E-state index contributed by atoms with van der Waals surface area (Å²) in [5.41, 5.74) is 0. The summed E-state index contributed by atoms with van der Waals surface area (Å²) in [6.07, 6.45) is 9.61. The van der Waals surface area contributed by atoms with Gasteiger partial charge in [-0.05, 0) is 25.3 Å². The fourth-order valence-electron chi connectivity index (χ4n) is 2.75. The zero-order valence-corrected chi connectivity index (χ0v) is 12.2. The van der Waals surface area contributed by atoms with Gasteiger partial charge in [0.1, 0.15) is 0 Å². The third-order valence-electron chi connectivity index (χ3n) is 3.78. The predicted octanol–water partition coefficient (Wildman–Crippen LogP) is 2.99. The van der Waals surface area contributed by atoms with Gasteiger partial charge in [-0.3, -0.25) is 0 Å². The van der Waals surface area contributed by atoms with Gasteiger partial charge < -0.3 is 14.8 Å². The molecule has 3 heteroatoms. The van der Waals surface area contributed by atoms with Crippen LogP contribution in [0, 0.1) is 5.92 Å². The standard InChI is InChI=1S/C15H31NO2/c1-3-9-16-15(13-18-11-10-17-2)12-14-7-5-4-6-8-14/h14-16H,3-13H2,1-2H3. The molecule has 0 amide bonds. The van der Waals surface area contributed by atoms with Crippen molar-refractivity contribution in [1.29, 1.82) is 0 Å². The van der Waals surface area contributed by atoms with E-state index in [9.17, 15) is 0 Å². The van der Waals surface area contributed by atoms with Gasteiger partial charge >= 0.3 is 0 Å². The zero-order valence-electron chi connectivity index (χ0n) is 12.2. The van der Waals surface area contributed by atoms with E-state index in [1.165, 1.54) is 44.9 Å². The van der Waals surface area contributed by atoms with Crippen molar-refractivity contribution in [3.63, 3.8) is 0 Å². The molecule has 0 heterocycles. The molecule has 18 heavy (non-hydrogen) atoms. The van der Waals surface area contributed by atoms with Crippen LogP contribution in [0.2, 0.25) is 0 Å². The molecule has 0 aromatic rings. The molecule has 0 saturated heterocycles. The van der Waals surface area contributed by atoms with Crippen LogP contribution in [0.1, 0.15) is 51.9 Å². The SMILES string of the molecule is CCCNC(COCCOC)CC1CCCCC1. The first-order valence-electron chi connectivity index (χ1n) is 7.66. The number of rotatable bonds is 10. The lowest BCUT2D eigenvalue weighted by molar-refractivity contribution is 0.0538. The van der Waals surface area contributed by atoms with Gasteiger partial charge in [-0.15, -0.1) is 0 Å². The molecule has 0 spiro atoms. The van der Waals surface area contributed by atoms with Gasteiger partial charge in [0, 0.05) is 13.2 Å². The highest BCUT2D eigenvalue weighted by Crippen LogP contribution is 2.27. The predicted molar refractivity (Wildman–Crippen MR) is 76.0 cm³/mol. The summed E-state index contributed by atoms with van der Waals surface area (Å²) in [5, 5.41) is 3.63. The number of hydrogen-bond donors (Lipinski definition) is 1. The first-order valence-corrected chi connectivity index (χ1v) is 7.66. The molecule has 1 saturated carbocycles. The minimum Gasteiger partial charge on any atom is -0.382 e. The Labute approximate surface area is 113 Å². The highest BCUT2D eigenvalue weighted by atomic mass is 16.5. The molecule has 0 aliphatic heterocycles. The van der Waals surface area contributed by atoms with E-state index in [4.69, 9.17) is 9.47 Å². The fraction of sp³-hybridized carbons (Fsp3) is 1.00. The van der Waals surface area contributed by atoms with Crippen LogP contribution in [0.25, 0.3) is 0 Å². The van der Waals surface area contributed by atoms with Crippen molar-refractivity contribution in [3.8, 4) is 0 Å². The Hall–Kier alpha value is -0.120. The molecule has 1 rings (SSSR count). The molecular formula is C15H31NO2.